The van der Waals surface area contributed by atoms with Crippen molar-refractivity contribution in [3.63, 3.8) is 0 Å². The maximum Gasteiger partial charge on any atom is 0.231 e. The lowest BCUT2D eigenvalue weighted by Crippen LogP contribution is -2.31. The fourth-order valence-corrected chi connectivity index (χ4v) is 4.02. The maximum atomic E-state index is 14.2. The van der Waals surface area contributed by atoms with Crippen molar-refractivity contribution >= 4 is 23.5 Å². The van der Waals surface area contributed by atoms with Gasteiger partial charge in [0, 0.05) is 23.2 Å². The SMILES string of the molecule is Cc1c2c(cc3c1O/C(=C\c1c(F)cccc1Cl)C3=O)CN(Cc1ccco1)CO2. The fraction of sp³-hybridized carbons (Fsp3) is 0.174. The Balaban J connectivity index is 1.47. The molecule has 152 valence electrons. The summed E-state index contributed by atoms with van der Waals surface area (Å²) in [5.74, 6) is 1.20. The zero-order valence-electron chi connectivity index (χ0n) is 16.1. The van der Waals surface area contributed by atoms with Crippen molar-refractivity contribution in [1.29, 1.82) is 0 Å². The van der Waals surface area contributed by atoms with E-state index in [1.54, 1.807) is 18.4 Å². The molecule has 0 spiro atoms. The monoisotopic (exact) mass is 425 g/mol. The van der Waals surface area contributed by atoms with Gasteiger partial charge in [-0.25, -0.2) is 4.39 Å². The van der Waals surface area contributed by atoms with Crippen LogP contribution < -0.4 is 9.47 Å². The van der Waals surface area contributed by atoms with Crippen molar-refractivity contribution in [3.8, 4) is 11.5 Å². The van der Waals surface area contributed by atoms with E-state index in [-0.39, 0.29) is 22.1 Å². The summed E-state index contributed by atoms with van der Waals surface area (Å²) in [6, 6.07) is 9.90. The van der Waals surface area contributed by atoms with Crippen molar-refractivity contribution in [2.45, 2.75) is 20.0 Å². The predicted octanol–water partition coefficient (Wildman–Crippen LogP) is 5.35. The van der Waals surface area contributed by atoms with Crippen LogP contribution in [-0.2, 0) is 13.1 Å². The molecule has 1 aromatic heterocycles. The largest absolute Gasteiger partial charge is 0.477 e. The number of ketones is 1. The van der Waals surface area contributed by atoms with E-state index in [2.05, 4.69) is 4.90 Å². The second kappa shape index (κ2) is 7.31. The number of rotatable bonds is 3. The van der Waals surface area contributed by atoms with Crippen LogP contribution in [0.2, 0.25) is 5.02 Å². The van der Waals surface area contributed by atoms with E-state index in [1.165, 1.54) is 18.2 Å². The van der Waals surface area contributed by atoms with Crippen molar-refractivity contribution in [1.82, 2.24) is 4.90 Å². The lowest BCUT2D eigenvalue weighted by molar-refractivity contribution is 0.0813. The van der Waals surface area contributed by atoms with E-state index in [9.17, 15) is 9.18 Å². The summed E-state index contributed by atoms with van der Waals surface area (Å²) in [6.45, 7) is 3.46. The molecule has 2 aliphatic heterocycles. The second-order valence-corrected chi connectivity index (χ2v) is 7.69. The molecule has 0 saturated carbocycles. The maximum absolute atomic E-state index is 14.2. The number of Topliss-reactive ketones (excluding diaryl/α,β-unsaturated/α-hetero) is 1. The first kappa shape index (κ1) is 18.9. The summed E-state index contributed by atoms with van der Waals surface area (Å²) >= 11 is 6.09. The van der Waals surface area contributed by atoms with Crippen LogP contribution in [-0.4, -0.2) is 17.4 Å². The summed E-state index contributed by atoms with van der Waals surface area (Å²) in [4.78, 5) is 15.0. The summed E-state index contributed by atoms with van der Waals surface area (Å²) in [6.07, 6.45) is 2.99. The number of benzene rings is 2. The molecule has 0 atom stereocenters. The van der Waals surface area contributed by atoms with Gasteiger partial charge in [-0.3, -0.25) is 9.69 Å². The minimum Gasteiger partial charge on any atom is -0.477 e. The highest BCUT2D eigenvalue weighted by atomic mass is 35.5. The quantitative estimate of drug-likeness (QED) is 0.529. The highest BCUT2D eigenvalue weighted by molar-refractivity contribution is 6.32. The fourth-order valence-electron chi connectivity index (χ4n) is 3.80. The van der Waals surface area contributed by atoms with Gasteiger partial charge >= 0.3 is 0 Å². The number of allylic oxidation sites excluding steroid dienone is 1. The summed E-state index contributed by atoms with van der Waals surface area (Å²) in [7, 11) is 0. The Morgan fingerprint density at radius 2 is 2.10 bits per heavy atom. The minimum atomic E-state index is -0.518. The molecule has 0 radical (unpaired) electrons. The van der Waals surface area contributed by atoms with Gasteiger partial charge in [0.05, 0.1) is 23.4 Å². The van der Waals surface area contributed by atoms with E-state index >= 15 is 0 Å². The van der Waals surface area contributed by atoms with Crippen molar-refractivity contribution < 1.29 is 23.1 Å². The Hall–Kier alpha value is -3.09. The third-order valence-electron chi connectivity index (χ3n) is 5.24. The molecule has 2 aromatic carbocycles. The van der Waals surface area contributed by atoms with Gasteiger partial charge in [0.15, 0.2) is 5.76 Å². The lowest BCUT2D eigenvalue weighted by atomic mass is 10.00. The highest BCUT2D eigenvalue weighted by Crippen LogP contribution is 2.43. The van der Waals surface area contributed by atoms with Gasteiger partial charge in [0.25, 0.3) is 0 Å². The molecular weight excluding hydrogens is 409 g/mol. The van der Waals surface area contributed by atoms with Gasteiger partial charge in [0.2, 0.25) is 5.78 Å². The van der Waals surface area contributed by atoms with Gasteiger partial charge in [-0.1, -0.05) is 17.7 Å². The number of carbonyl (C=O) groups excluding carboxylic acids is 1. The molecule has 3 heterocycles. The summed E-state index contributed by atoms with van der Waals surface area (Å²) in [5, 5.41) is 0.211. The number of ether oxygens (including phenoxy) is 2. The van der Waals surface area contributed by atoms with E-state index in [1.807, 2.05) is 19.1 Å². The van der Waals surface area contributed by atoms with Crippen LogP contribution in [0.4, 0.5) is 4.39 Å². The smallest absolute Gasteiger partial charge is 0.231 e. The third-order valence-corrected chi connectivity index (χ3v) is 5.57. The molecule has 7 heteroatoms. The van der Waals surface area contributed by atoms with Crippen LogP contribution in [0.3, 0.4) is 0 Å². The normalized spacial score (nSPS) is 16.9. The highest BCUT2D eigenvalue weighted by Gasteiger charge is 2.34. The van der Waals surface area contributed by atoms with E-state index in [0.29, 0.717) is 36.9 Å². The number of nitrogens with zero attached hydrogens (tertiary/aromatic N) is 1. The molecule has 2 aliphatic rings. The van der Waals surface area contributed by atoms with Gasteiger partial charge < -0.3 is 13.9 Å². The van der Waals surface area contributed by atoms with Gasteiger partial charge in [-0.05, 0) is 43.3 Å². The number of furan rings is 1. The predicted molar refractivity (Wildman–Crippen MR) is 109 cm³/mol. The molecule has 5 rings (SSSR count). The minimum absolute atomic E-state index is 0.0369. The van der Waals surface area contributed by atoms with E-state index in [4.69, 9.17) is 25.5 Å². The number of hydrogen-bond donors (Lipinski definition) is 0. The zero-order valence-corrected chi connectivity index (χ0v) is 16.8. The van der Waals surface area contributed by atoms with Crippen LogP contribution in [0.15, 0.2) is 52.8 Å². The Bertz CT molecular complexity index is 1170. The summed E-state index contributed by atoms with van der Waals surface area (Å²) in [5.41, 5.74) is 2.20. The summed E-state index contributed by atoms with van der Waals surface area (Å²) < 4.78 is 31.3. The van der Waals surface area contributed by atoms with Crippen LogP contribution in [0.5, 0.6) is 11.5 Å². The molecule has 5 nitrogen and oxygen atoms in total. The molecule has 0 saturated heterocycles. The molecule has 0 unspecified atom stereocenters. The van der Waals surface area contributed by atoms with Crippen LogP contribution >= 0.6 is 11.6 Å². The number of hydrogen-bond acceptors (Lipinski definition) is 5. The standard InChI is InChI=1S/C23H17ClFNO4/c1-13-22-14(10-26(12-29-22)11-15-4-3-7-28-15)8-17-21(27)20(30-23(13)17)9-16-18(24)5-2-6-19(16)25/h2-9H,10-12H2,1H3/b20-9-. The first-order valence-corrected chi connectivity index (χ1v) is 9.81. The van der Waals surface area contributed by atoms with Gasteiger partial charge in [0.1, 0.15) is 29.8 Å². The van der Waals surface area contributed by atoms with Gasteiger partial charge in [-0.2, -0.15) is 0 Å². The topological polar surface area (TPSA) is 51.9 Å². The first-order chi connectivity index (χ1) is 14.5. The van der Waals surface area contributed by atoms with Crippen LogP contribution in [0.1, 0.15) is 32.8 Å². The average Bonchev–Trinajstić information content (AvgIpc) is 3.34. The number of fused-ring (bicyclic) bond motifs is 2. The molecule has 0 fully saturated rings. The molecule has 0 bridgehead atoms. The van der Waals surface area contributed by atoms with Crippen LogP contribution in [0.25, 0.3) is 6.08 Å². The Labute approximate surface area is 177 Å². The first-order valence-electron chi connectivity index (χ1n) is 9.43. The molecule has 3 aromatic rings. The molecule has 0 N–H and O–H groups in total. The Kier molecular flexibility index (Phi) is 4.60. The Morgan fingerprint density at radius 3 is 2.87 bits per heavy atom. The molecule has 0 aliphatic carbocycles. The molecular formula is C23H17ClFNO4. The zero-order chi connectivity index (χ0) is 20.8. The van der Waals surface area contributed by atoms with E-state index in [0.717, 1.165) is 16.9 Å². The average molecular weight is 426 g/mol. The Morgan fingerprint density at radius 1 is 1.23 bits per heavy atom. The number of halogens is 2. The van der Waals surface area contributed by atoms with Gasteiger partial charge in [-0.15, -0.1) is 0 Å². The molecule has 30 heavy (non-hydrogen) atoms. The van der Waals surface area contributed by atoms with E-state index < -0.39 is 5.82 Å². The van der Waals surface area contributed by atoms with Crippen LogP contribution in [0, 0.1) is 12.7 Å². The lowest BCUT2D eigenvalue weighted by Gasteiger charge is -2.29. The second-order valence-electron chi connectivity index (χ2n) is 7.28. The third kappa shape index (κ3) is 3.18. The van der Waals surface area contributed by atoms with Crippen molar-refractivity contribution in [3.05, 3.63) is 87.3 Å². The molecule has 0 amide bonds. The van der Waals surface area contributed by atoms with Crippen molar-refractivity contribution in [2.75, 3.05) is 6.73 Å². The van der Waals surface area contributed by atoms with Crippen molar-refractivity contribution in [2.24, 2.45) is 0 Å². The number of carbonyl (C=O) groups is 1.